The number of thiazole rings is 1. The molecule has 0 saturated carbocycles. The van der Waals surface area contributed by atoms with Gasteiger partial charge in [0.25, 0.3) is 5.91 Å². The Labute approximate surface area is 169 Å². The van der Waals surface area contributed by atoms with Gasteiger partial charge < -0.3 is 14.8 Å². The first-order chi connectivity index (χ1) is 14.3. The molecule has 2 aromatic carbocycles. The van der Waals surface area contributed by atoms with Gasteiger partial charge in [0, 0.05) is 11.1 Å². The Kier molecular flexibility index (Phi) is 3.60. The van der Waals surface area contributed by atoms with Gasteiger partial charge in [-0.05, 0) is 49.6 Å². The molecule has 0 bridgehead atoms. The Bertz CT molecular complexity index is 1240. The lowest BCUT2D eigenvalue weighted by molar-refractivity contribution is 0.102. The average molecular weight is 404 g/mol. The number of hydrogen-bond donors (Lipinski definition) is 1. The van der Waals surface area contributed by atoms with Crippen LogP contribution in [0.2, 0.25) is 0 Å². The average Bonchev–Trinajstić information content (AvgIpc) is 3.50. The number of ether oxygens (including phenoxy) is 2. The third kappa shape index (κ3) is 2.67. The SMILES string of the molecule is O=C(Nc1c2c(nn1-c1nc3ccccc3s1)CCC2)c1ccc2c(c1)OCO2. The minimum absolute atomic E-state index is 0.179. The highest BCUT2D eigenvalue weighted by Gasteiger charge is 2.26. The Balaban J connectivity index is 1.40. The maximum Gasteiger partial charge on any atom is 0.256 e. The number of hydrogen-bond acceptors (Lipinski definition) is 6. The monoisotopic (exact) mass is 404 g/mol. The summed E-state index contributed by atoms with van der Waals surface area (Å²) in [5.41, 5.74) is 3.57. The molecule has 0 saturated heterocycles. The number of aryl methyl sites for hydroxylation is 1. The second-order valence-electron chi connectivity index (χ2n) is 7.03. The van der Waals surface area contributed by atoms with Crippen molar-refractivity contribution in [2.75, 3.05) is 12.1 Å². The largest absolute Gasteiger partial charge is 0.454 e. The third-order valence-electron chi connectivity index (χ3n) is 5.24. The number of nitrogens with one attached hydrogen (secondary N) is 1. The number of para-hydroxylation sites is 1. The van der Waals surface area contributed by atoms with E-state index in [-0.39, 0.29) is 12.7 Å². The smallest absolute Gasteiger partial charge is 0.256 e. The molecule has 0 spiro atoms. The number of anilines is 1. The normalized spacial score (nSPS) is 14.3. The molecule has 29 heavy (non-hydrogen) atoms. The summed E-state index contributed by atoms with van der Waals surface area (Å²) in [6, 6.07) is 13.2. The zero-order valence-corrected chi connectivity index (χ0v) is 16.2. The van der Waals surface area contributed by atoms with Crippen molar-refractivity contribution in [1.29, 1.82) is 0 Å². The molecule has 7 nitrogen and oxygen atoms in total. The lowest BCUT2D eigenvalue weighted by Crippen LogP contribution is -2.16. The van der Waals surface area contributed by atoms with Crippen LogP contribution >= 0.6 is 11.3 Å². The number of nitrogens with zero attached hydrogens (tertiary/aromatic N) is 3. The number of rotatable bonds is 3. The number of amides is 1. The molecule has 0 atom stereocenters. The van der Waals surface area contributed by atoms with Gasteiger partial charge in [-0.15, -0.1) is 0 Å². The van der Waals surface area contributed by atoms with Crippen LogP contribution in [0.15, 0.2) is 42.5 Å². The molecular formula is C21H16N4O3S. The lowest BCUT2D eigenvalue weighted by atomic mass is 10.2. The fourth-order valence-corrected chi connectivity index (χ4v) is 4.75. The van der Waals surface area contributed by atoms with Crippen LogP contribution in [0.5, 0.6) is 11.5 Å². The number of aromatic nitrogens is 3. The van der Waals surface area contributed by atoms with Crippen LogP contribution in [0.1, 0.15) is 28.0 Å². The second-order valence-corrected chi connectivity index (χ2v) is 8.03. The highest BCUT2D eigenvalue weighted by molar-refractivity contribution is 7.20. The van der Waals surface area contributed by atoms with Gasteiger partial charge in [-0.1, -0.05) is 23.5 Å². The van der Waals surface area contributed by atoms with Crippen molar-refractivity contribution in [3.8, 4) is 16.6 Å². The molecule has 1 aliphatic carbocycles. The van der Waals surface area contributed by atoms with E-state index in [9.17, 15) is 4.79 Å². The van der Waals surface area contributed by atoms with Crippen molar-refractivity contribution in [2.24, 2.45) is 0 Å². The minimum atomic E-state index is -0.208. The van der Waals surface area contributed by atoms with E-state index in [0.717, 1.165) is 45.9 Å². The van der Waals surface area contributed by atoms with Crippen LogP contribution in [0.4, 0.5) is 5.82 Å². The van der Waals surface area contributed by atoms with E-state index in [1.807, 2.05) is 24.3 Å². The summed E-state index contributed by atoms with van der Waals surface area (Å²) in [6.07, 6.45) is 2.86. The van der Waals surface area contributed by atoms with Gasteiger partial charge in [-0.3, -0.25) is 4.79 Å². The predicted octanol–water partition coefficient (Wildman–Crippen LogP) is 3.95. The van der Waals surface area contributed by atoms with Crippen molar-refractivity contribution < 1.29 is 14.3 Å². The summed E-state index contributed by atoms with van der Waals surface area (Å²) in [4.78, 5) is 17.7. The number of benzene rings is 2. The molecule has 0 unspecified atom stereocenters. The fraction of sp³-hybridized carbons (Fsp3) is 0.190. The lowest BCUT2D eigenvalue weighted by Gasteiger charge is -2.09. The molecule has 6 rings (SSSR count). The van der Waals surface area contributed by atoms with Gasteiger partial charge in [0.1, 0.15) is 5.82 Å². The van der Waals surface area contributed by atoms with E-state index < -0.39 is 0 Å². The number of fused-ring (bicyclic) bond motifs is 3. The van der Waals surface area contributed by atoms with Gasteiger partial charge in [-0.25, -0.2) is 4.98 Å². The predicted molar refractivity (Wildman–Crippen MR) is 109 cm³/mol. The highest BCUT2D eigenvalue weighted by Crippen LogP contribution is 2.35. The van der Waals surface area contributed by atoms with E-state index in [0.29, 0.717) is 22.9 Å². The third-order valence-corrected chi connectivity index (χ3v) is 6.25. The zero-order valence-electron chi connectivity index (χ0n) is 15.3. The van der Waals surface area contributed by atoms with Crippen LogP contribution < -0.4 is 14.8 Å². The van der Waals surface area contributed by atoms with E-state index >= 15 is 0 Å². The molecule has 1 N–H and O–H groups in total. The van der Waals surface area contributed by atoms with E-state index in [1.54, 1.807) is 34.2 Å². The Morgan fingerprint density at radius 1 is 1.10 bits per heavy atom. The zero-order chi connectivity index (χ0) is 19.4. The first-order valence-electron chi connectivity index (χ1n) is 9.44. The molecule has 2 aliphatic rings. The van der Waals surface area contributed by atoms with Gasteiger partial charge in [0.2, 0.25) is 11.9 Å². The summed E-state index contributed by atoms with van der Waals surface area (Å²) < 4.78 is 13.6. The van der Waals surface area contributed by atoms with Crippen molar-refractivity contribution in [2.45, 2.75) is 19.3 Å². The van der Waals surface area contributed by atoms with Crippen LogP contribution in [-0.4, -0.2) is 27.5 Å². The van der Waals surface area contributed by atoms with Crippen molar-refractivity contribution in [3.63, 3.8) is 0 Å². The van der Waals surface area contributed by atoms with Crippen molar-refractivity contribution >= 4 is 33.3 Å². The second kappa shape index (κ2) is 6.31. The molecule has 1 amide bonds. The van der Waals surface area contributed by atoms with Crippen LogP contribution in [0.25, 0.3) is 15.3 Å². The van der Waals surface area contributed by atoms with Crippen LogP contribution in [-0.2, 0) is 12.8 Å². The van der Waals surface area contributed by atoms with Crippen molar-refractivity contribution in [3.05, 3.63) is 59.3 Å². The molecule has 2 aromatic heterocycles. The summed E-state index contributed by atoms with van der Waals surface area (Å²) in [7, 11) is 0. The number of carbonyl (C=O) groups is 1. The fourth-order valence-electron chi connectivity index (χ4n) is 3.83. The summed E-state index contributed by atoms with van der Waals surface area (Å²) >= 11 is 1.56. The molecule has 3 heterocycles. The molecule has 4 aromatic rings. The molecule has 8 heteroatoms. The van der Waals surface area contributed by atoms with Gasteiger partial charge >= 0.3 is 0 Å². The van der Waals surface area contributed by atoms with Crippen LogP contribution in [0, 0.1) is 0 Å². The Morgan fingerprint density at radius 2 is 2.00 bits per heavy atom. The highest BCUT2D eigenvalue weighted by atomic mass is 32.1. The molecule has 1 aliphatic heterocycles. The first-order valence-corrected chi connectivity index (χ1v) is 10.3. The number of carbonyl (C=O) groups excluding carboxylic acids is 1. The summed E-state index contributed by atoms with van der Waals surface area (Å²) in [6.45, 7) is 0.179. The van der Waals surface area contributed by atoms with Crippen molar-refractivity contribution in [1.82, 2.24) is 14.8 Å². The van der Waals surface area contributed by atoms with E-state index in [1.165, 1.54) is 0 Å². The topological polar surface area (TPSA) is 78.3 Å². The summed E-state index contributed by atoms with van der Waals surface area (Å²) in [5, 5.41) is 8.59. The minimum Gasteiger partial charge on any atom is -0.454 e. The maximum atomic E-state index is 13.0. The maximum absolute atomic E-state index is 13.0. The molecule has 0 fully saturated rings. The van der Waals surface area contributed by atoms with Gasteiger partial charge in [0.15, 0.2) is 11.5 Å². The van der Waals surface area contributed by atoms with Gasteiger partial charge in [0.05, 0.1) is 15.9 Å². The molecular weight excluding hydrogens is 388 g/mol. The van der Waals surface area contributed by atoms with Crippen LogP contribution in [0.3, 0.4) is 0 Å². The first kappa shape index (κ1) is 16.6. The quantitative estimate of drug-likeness (QED) is 0.559. The Hall–Kier alpha value is -3.39. The standard InChI is InChI=1S/C21H16N4O3S/c26-20(12-8-9-16-17(10-12)28-11-27-16)23-19-13-4-3-6-14(13)24-25(19)21-22-15-5-1-2-7-18(15)29-21/h1-2,5,7-10H,3-4,6,11H2,(H,23,26). The summed E-state index contributed by atoms with van der Waals surface area (Å²) in [5.74, 6) is 1.74. The molecule has 0 radical (unpaired) electrons. The van der Waals surface area contributed by atoms with E-state index in [2.05, 4.69) is 5.32 Å². The Morgan fingerprint density at radius 3 is 2.93 bits per heavy atom. The van der Waals surface area contributed by atoms with E-state index in [4.69, 9.17) is 19.6 Å². The van der Waals surface area contributed by atoms with Gasteiger partial charge in [-0.2, -0.15) is 9.78 Å². The molecule has 144 valence electrons.